The number of benzene rings is 2. The van der Waals surface area contributed by atoms with E-state index in [1.807, 2.05) is 74.8 Å². The Kier molecular flexibility index (Phi) is 11.6. The quantitative estimate of drug-likeness (QED) is 0.247. The van der Waals surface area contributed by atoms with E-state index in [9.17, 15) is 27.6 Å². The van der Waals surface area contributed by atoms with E-state index in [1.54, 1.807) is 22.7 Å². The van der Waals surface area contributed by atoms with Gasteiger partial charge in [-0.3, -0.25) is 24.2 Å². The fourth-order valence-electron chi connectivity index (χ4n) is 5.61. The SMILES string of the molecule is C=C(CN(C)C1COC1)C(=O)N(C)Cc1ccccc1.CCN1C(=O)C(NC(=O)c2nccc(C(F)(F)F)n2)Cc2cnn(-c3ccccc3)c21. The molecule has 2 aromatic heterocycles. The Bertz CT molecular complexity index is 1850. The van der Waals surface area contributed by atoms with Crippen LogP contribution in [0.25, 0.3) is 5.69 Å². The van der Waals surface area contributed by atoms with Crippen molar-refractivity contribution in [2.75, 3.05) is 45.3 Å². The fraction of sp³-hybridized carbons (Fsp3) is 0.333. The Hall–Kier alpha value is -5.41. The largest absolute Gasteiger partial charge is 0.433 e. The average Bonchev–Trinajstić information content (AvgIpc) is 3.51. The molecule has 4 aromatic rings. The van der Waals surface area contributed by atoms with Gasteiger partial charge in [-0.15, -0.1) is 0 Å². The van der Waals surface area contributed by atoms with Crippen LogP contribution in [-0.4, -0.2) is 99.8 Å². The number of ether oxygens (including phenoxy) is 1. The van der Waals surface area contributed by atoms with Crippen molar-refractivity contribution in [2.24, 2.45) is 0 Å². The number of carbonyl (C=O) groups is 3. The normalized spacial score (nSPS) is 15.7. The summed E-state index contributed by atoms with van der Waals surface area (Å²) < 4.78 is 45.4. The molecule has 4 heterocycles. The summed E-state index contributed by atoms with van der Waals surface area (Å²) in [5.74, 6) is -1.41. The number of likely N-dealkylation sites (N-methyl/N-ethyl adjacent to an activating group) is 3. The summed E-state index contributed by atoms with van der Waals surface area (Å²) in [6.07, 6.45) is -2.11. The van der Waals surface area contributed by atoms with E-state index in [4.69, 9.17) is 4.74 Å². The first-order chi connectivity index (χ1) is 24.4. The van der Waals surface area contributed by atoms with Crippen molar-refractivity contribution in [3.63, 3.8) is 0 Å². The highest BCUT2D eigenvalue weighted by atomic mass is 19.4. The fourth-order valence-corrected chi connectivity index (χ4v) is 5.61. The van der Waals surface area contributed by atoms with E-state index in [0.717, 1.165) is 36.2 Å². The summed E-state index contributed by atoms with van der Waals surface area (Å²) in [6, 6.07) is 19.3. The first-order valence-electron chi connectivity index (χ1n) is 16.3. The molecule has 0 bridgehead atoms. The molecule has 0 radical (unpaired) electrons. The number of rotatable bonds is 10. The number of fused-ring (bicyclic) bond motifs is 1. The number of halogens is 3. The average molecular weight is 705 g/mol. The molecule has 15 heteroatoms. The predicted octanol–water partition coefficient (Wildman–Crippen LogP) is 3.92. The van der Waals surface area contributed by atoms with Crippen molar-refractivity contribution in [2.45, 2.75) is 38.1 Å². The van der Waals surface area contributed by atoms with Gasteiger partial charge in [0, 0.05) is 50.4 Å². The lowest BCUT2D eigenvalue weighted by molar-refractivity contribution is -0.141. The van der Waals surface area contributed by atoms with Crippen LogP contribution in [0.15, 0.2) is 91.3 Å². The van der Waals surface area contributed by atoms with Crippen LogP contribution in [0.5, 0.6) is 0 Å². The first-order valence-corrected chi connectivity index (χ1v) is 16.3. The van der Waals surface area contributed by atoms with Gasteiger partial charge in [-0.25, -0.2) is 14.6 Å². The zero-order chi connectivity index (χ0) is 36.7. The molecule has 3 amide bonds. The lowest BCUT2D eigenvalue weighted by Crippen LogP contribution is -2.53. The summed E-state index contributed by atoms with van der Waals surface area (Å²) in [5.41, 5.74) is 2.01. The highest BCUT2D eigenvalue weighted by Crippen LogP contribution is 2.31. The second-order valence-electron chi connectivity index (χ2n) is 12.2. The number of alkyl halides is 3. The number of nitrogens with one attached hydrogen (secondary N) is 1. The van der Waals surface area contributed by atoms with E-state index in [0.29, 0.717) is 43.1 Å². The topological polar surface area (TPSA) is 126 Å². The van der Waals surface area contributed by atoms with E-state index in [2.05, 4.69) is 31.9 Å². The minimum absolute atomic E-state index is 0.000875. The number of nitrogens with zero attached hydrogens (tertiary/aromatic N) is 7. The summed E-state index contributed by atoms with van der Waals surface area (Å²) in [7, 11) is 3.82. The van der Waals surface area contributed by atoms with Crippen LogP contribution in [0.4, 0.5) is 19.0 Å². The van der Waals surface area contributed by atoms with E-state index < -0.39 is 35.6 Å². The van der Waals surface area contributed by atoms with Crippen LogP contribution in [-0.2, 0) is 33.5 Å². The van der Waals surface area contributed by atoms with Crippen molar-refractivity contribution in [1.82, 2.24) is 34.9 Å². The van der Waals surface area contributed by atoms with Gasteiger partial charge in [0.1, 0.15) is 17.6 Å². The molecule has 2 aromatic carbocycles. The highest BCUT2D eigenvalue weighted by Gasteiger charge is 2.38. The molecule has 2 aliphatic heterocycles. The van der Waals surface area contributed by atoms with Gasteiger partial charge in [0.2, 0.25) is 5.82 Å². The van der Waals surface area contributed by atoms with E-state index in [1.165, 1.54) is 4.90 Å². The maximum atomic E-state index is 13.0. The summed E-state index contributed by atoms with van der Waals surface area (Å²) in [4.78, 5) is 50.0. The number of amides is 3. The Morgan fingerprint density at radius 1 is 1.04 bits per heavy atom. The molecule has 1 unspecified atom stereocenters. The van der Waals surface area contributed by atoms with Gasteiger partial charge in [0.25, 0.3) is 17.7 Å². The first kappa shape index (κ1) is 36.9. The second-order valence-corrected chi connectivity index (χ2v) is 12.2. The van der Waals surface area contributed by atoms with E-state index in [-0.39, 0.29) is 12.3 Å². The molecule has 1 N–H and O–H groups in total. The smallest absolute Gasteiger partial charge is 0.378 e. The molecule has 0 spiro atoms. The molecular weight excluding hydrogens is 665 g/mol. The number of hydrogen-bond donors (Lipinski definition) is 1. The van der Waals surface area contributed by atoms with Crippen LogP contribution in [0.1, 0.15) is 34.4 Å². The van der Waals surface area contributed by atoms with E-state index >= 15 is 0 Å². The lowest BCUT2D eigenvalue weighted by Gasteiger charge is -2.35. The van der Waals surface area contributed by atoms with Crippen LogP contribution < -0.4 is 10.2 Å². The molecule has 6 rings (SSSR count). The zero-order valence-corrected chi connectivity index (χ0v) is 28.5. The Morgan fingerprint density at radius 3 is 2.31 bits per heavy atom. The monoisotopic (exact) mass is 704 g/mol. The molecule has 2 aliphatic rings. The van der Waals surface area contributed by atoms with Gasteiger partial charge in [0.05, 0.1) is 31.1 Å². The Labute approximate surface area is 293 Å². The number of aromatic nitrogens is 4. The number of anilines is 1. The Morgan fingerprint density at radius 2 is 1.71 bits per heavy atom. The summed E-state index contributed by atoms with van der Waals surface area (Å²) in [6.45, 7) is 8.71. The Balaban J connectivity index is 0.000000218. The third kappa shape index (κ3) is 8.85. The van der Waals surface area contributed by atoms with Crippen LogP contribution >= 0.6 is 0 Å². The highest BCUT2D eigenvalue weighted by molar-refractivity contribution is 6.03. The molecule has 1 saturated heterocycles. The van der Waals surface area contributed by atoms with Gasteiger partial charge < -0.3 is 15.0 Å². The maximum absolute atomic E-state index is 13.0. The third-order valence-corrected chi connectivity index (χ3v) is 8.43. The van der Waals surface area contributed by atoms with Crippen LogP contribution in [0.2, 0.25) is 0 Å². The van der Waals surface area contributed by atoms with Crippen molar-refractivity contribution in [3.05, 3.63) is 114 Å². The molecular formula is C36H39F3N8O4. The van der Waals surface area contributed by atoms with Crippen molar-refractivity contribution in [1.29, 1.82) is 0 Å². The molecule has 1 fully saturated rings. The zero-order valence-electron chi connectivity index (χ0n) is 28.5. The molecule has 12 nitrogen and oxygen atoms in total. The van der Waals surface area contributed by atoms with Crippen LogP contribution in [0, 0.1) is 0 Å². The summed E-state index contributed by atoms with van der Waals surface area (Å²) in [5, 5.41) is 6.83. The minimum atomic E-state index is -4.71. The van der Waals surface area contributed by atoms with Gasteiger partial charge >= 0.3 is 6.18 Å². The van der Waals surface area contributed by atoms with Crippen molar-refractivity contribution in [3.8, 4) is 5.69 Å². The molecule has 51 heavy (non-hydrogen) atoms. The minimum Gasteiger partial charge on any atom is -0.378 e. The predicted molar refractivity (Wildman–Crippen MR) is 183 cm³/mol. The van der Waals surface area contributed by atoms with Crippen molar-refractivity contribution < 1.29 is 32.3 Å². The standard InChI is InChI=1S/C20H17F3N6O2.C16H22N2O2/c1-2-28-18-12(11-25-29(18)13-6-4-3-5-7-13)10-14(19(28)31)26-17(30)16-24-9-8-15(27-16)20(21,22)23;1-13(9-17(2)15-11-20-12-15)16(19)18(3)10-14-7-5-4-6-8-14/h3-9,11,14H,2,10H2,1H3,(H,26,30);4-8,15H,1,9-12H2,2-3H3. The number of para-hydroxylation sites is 1. The van der Waals surface area contributed by atoms with Gasteiger partial charge in [-0.1, -0.05) is 55.1 Å². The van der Waals surface area contributed by atoms with Crippen molar-refractivity contribution >= 4 is 23.5 Å². The molecule has 0 saturated carbocycles. The number of carbonyl (C=O) groups excluding carboxylic acids is 3. The summed E-state index contributed by atoms with van der Waals surface area (Å²) >= 11 is 0. The number of hydrogen-bond acceptors (Lipinski definition) is 8. The second kappa shape index (κ2) is 16.1. The van der Waals surface area contributed by atoms with Gasteiger partial charge in [-0.05, 0) is 37.7 Å². The molecule has 1 atom stereocenters. The van der Waals surface area contributed by atoms with Gasteiger partial charge in [-0.2, -0.15) is 18.3 Å². The van der Waals surface area contributed by atoms with Gasteiger partial charge in [0.15, 0.2) is 0 Å². The molecule has 268 valence electrons. The van der Waals surface area contributed by atoms with Crippen LogP contribution in [0.3, 0.4) is 0 Å². The molecule has 0 aliphatic carbocycles. The third-order valence-electron chi connectivity index (χ3n) is 8.43. The maximum Gasteiger partial charge on any atom is 0.433 e. The lowest BCUT2D eigenvalue weighted by atomic mass is 10.0.